The van der Waals surface area contributed by atoms with Crippen molar-refractivity contribution in [1.29, 1.82) is 0 Å². The predicted octanol–water partition coefficient (Wildman–Crippen LogP) is 1.44. The Bertz CT molecular complexity index is 327. The molecule has 1 atom stereocenters. The Balaban J connectivity index is 2.45. The fourth-order valence-corrected chi connectivity index (χ4v) is 3.33. The van der Waals surface area contributed by atoms with Gasteiger partial charge in [0.25, 0.3) is 0 Å². The van der Waals surface area contributed by atoms with Gasteiger partial charge in [-0.1, -0.05) is 20.8 Å². The standard InChI is InChI=1S/C12H26N2O2S/c1-12(2,3)7-9-14(4)17(15,16)10-11-6-5-8-13-11/h11,13H,5-10H2,1-4H3. The summed E-state index contributed by atoms with van der Waals surface area (Å²) >= 11 is 0. The van der Waals surface area contributed by atoms with Crippen molar-refractivity contribution in [2.24, 2.45) is 5.41 Å². The first-order valence-electron chi connectivity index (χ1n) is 6.38. The topological polar surface area (TPSA) is 49.4 Å². The molecule has 1 unspecified atom stereocenters. The fourth-order valence-electron chi connectivity index (χ4n) is 1.91. The lowest BCUT2D eigenvalue weighted by atomic mass is 9.92. The van der Waals surface area contributed by atoms with Gasteiger partial charge in [-0.05, 0) is 31.2 Å². The van der Waals surface area contributed by atoms with Gasteiger partial charge in [0.05, 0.1) is 5.75 Å². The first kappa shape index (κ1) is 14.9. The monoisotopic (exact) mass is 262 g/mol. The van der Waals surface area contributed by atoms with Crippen LogP contribution in [0.25, 0.3) is 0 Å². The van der Waals surface area contributed by atoms with Crippen molar-refractivity contribution in [3.8, 4) is 0 Å². The van der Waals surface area contributed by atoms with Crippen LogP contribution in [-0.2, 0) is 10.0 Å². The van der Waals surface area contributed by atoms with Gasteiger partial charge < -0.3 is 5.32 Å². The Labute approximate surface area is 106 Å². The Morgan fingerprint density at radius 3 is 2.47 bits per heavy atom. The summed E-state index contributed by atoms with van der Waals surface area (Å²) in [5.41, 5.74) is 0.176. The molecule has 1 aliphatic rings. The normalized spacial score (nSPS) is 22.3. The second-order valence-corrected chi connectivity index (χ2v) is 8.32. The van der Waals surface area contributed by atoms with Gasteiger partial charge in [-0.15, -0.1) is 0 Å². The molecule has 0 aromatic heterocycles. The maximum Gasteiger partial charge on any atom is 0.215 e. The predicted molar refractivity (Wildman–Crippen MR) is 71.5 cm³/mol. The molecule has 1 rings (SSSR count). The van der Waals surface area contributed by atoms with E-state index in [2.05, 4.69) is 26.1 Å². The van der Waals surface area contributed by atoms with E-state index < -0.39 is 10.0 Å². The maximum absolute atomic E-state index is 12.1. The van der Waals surface area contributed by atoms with Gasteiger partial charge in [0.2, 0.25) is 10.0 Å². The van der Waals surface area contributed by atoms with Crippen molar-refractivity contribution in [3.05, 3.63) is 0 Å². The average Bonchev–Trinajstić information content (AvgIpc) is 2.64. The van der Waals surface area contributed by atoms with Crippen molar-refractivity contribution in [3.63, 3.8) is 0 Å². The van der Waals surface area contributed by atoms with Crippen LogP contribution in [0.15, 0.2) is 0 Å². The summed E-state index contributed by atoms with van der Waals surface area (Å²) in [7, 11) is -1.40. The highest BCUT2D eigenvalue weighted by Crippen LogP contribution is 2.19. The average molecular weight is 262 g/mol. The van der Waals surface area contributed by atoms with Gasteiger partial charge in [0, 0.05) is 19.6 Å². The lowest BCUT2D eigenvalue weighted by Crippen LogP contribution is -2.38. The van der Waals surface area contributed by atoms with Crippen molar-refractivity contribution >= 4 is 10.0 Å². The Morgan fingerprint density at radius 1 is 1.35 bits per heavy atom. The molecular formula is C12H26N2O2S. The highest BCUT2D eigenvalue weighted by molar-refractivity contribution is 7.89. The van der Waals surface area contributed by atoms with Crippen LogP contribution < -0.4 is 5.32 Å². The van der Waals surface area contributed by atoms with Crippen LogP contribution in [0.3, 0.4) is 0 Å². The molecule has 1 saturated heterocycles. The molecule has 1 heterocycles. The van der Waals surface area contributed by atoms with E-state index in [0.717, 1.165) is 25.8 Å². The van der Waals surface area contributed by atoms with E-state index >= 15 is 0 Å². The van der Waals surface area contributed by atoms with Crippen LogP contribution in [0, 0.1) is 5.41 Å². The van der Waals surface area contributed by atoms with Gasteiger partial charge in [-0.25, -0.2) is 12.7 Å². The lowest BCUT2D eigenvalue weighted by molar-refractivity contribution is 0.330. The van der Waals surface area contributed by atoms with E-state index in [1.807, 2.05) is 0 Å². The molecule has 5 heteroatoms. The SMILES string of the molecule is CN(CCC(C)(C)C)S(=O)(=O)CC1CCCN1. The largest absolute Gasteiger partial charge is 0.313 e. The molecule has 0 aromatic rings. The van der Waals surface area contributed by atoms with Gasteiger partial charge in [0.15, 0.2) is 0 Å². The van der Waals surface area contributed by atoms with E-state index in [-0.39, 0.29) is 17.2 Å². The van der Waals surface area contributed by atoms with E-state index in [0.29, 0.717) is 6.54 Å². The zero-order valence-corrected chi connectivity index (χ0v) is 12.3. The minimum absolute atomic E-state index is 0.150. The number of hydrogen-bond donors (Lipinski definition) is 1. The van der Waals surface area contributed by atoms with E-state index in [9.17, 15) is 8.42 Å². The van der Waals surface area contributed by atoms with Crippen molar-refractivity contribution in [2.75, 3.05) is 25.9 Å². The molecule has 1 N–H and O–H groups in total. The molecule has 1 aliphatic heterocycles. The second-order valence-electron chi connectivity index (χ2n) is 6.20. The third-order valence-electron chi connectivity index (χ3n) is 3.23. The molecule has 0 radical (unpaired) electrons. The second kappa shape index (κ2) is 5.67. The van der Waals surface area contributed by atoms with E-state index in [1.54, 1.807) is 7.05 Å². The zero-order chi connectivity index (χ0) is 13.1. The summed E-state index contributed by atoms with van der Waals surface area (Å²) in [6, 6.07) is 0.150. The molecule has 0 aromatic carbocycles. The van der Waals surface area contributed by atoms with E-state index in [1.165, 1.54) is 4.31 Å². The van der Waals surface area contributed by atoms with E-state index in [4.69, 9.17) is 0 Å². The quantitative estimate of drug-likeness (QED) is 0.815. The summed E-state index contributed by atoms with van der Waals surface area (Å²) in [5, 5.41) is 3.23. The molecule has 0 spiro atoms. The highest BCUT2D eigenvalue weighted by atomic mass is 32.2. The number of hydrogen-bond acceptors (Lipinski definition) is 3. The molecule has 0 bridgehead atoms. The van der Waals surface area contributed by atoms with Crippen LogP contribution in [-0.4, -0.2) is 44.7 Å². The lowest BCUT2D eigenvalue weighted by Gasteiger charge is -2.24. The maximum atomic E-state index is 12.1. The molecule has 102 valence electrons. The van der Waals surface area contributed by atoms with Crippen molar-refractivity contribution in [1.82, 2.24) is 9.62 Å². The van der Waals surface area contributed by atoms with Crippen LogP contribution in [0.1, 0.15) is 40.0 Å². The number of sulfonamides is 1. The smallest absolute Gasteiger partial charge is 0.215 e. The first-order valence-corrected chi connectivity index (χ1v) is 7.99. The summed E-state index contributed by atoms with van der Waals surface area (Å²) in [5.74, 6) is 0.244. The van der Waals surface area contributed by atoms with Crippen molar-refractivity contribution in [2.45, 2.75) is 46.1 Å². The molecule has 0 amide bonds. The van der Waals surface area contributed by atoms with Gasteiger partial charge in [0.1, 0.15) is 0 Å². The van der Waals surface area contributed by atoms with Crippen LogP contribution >= 0.6 is 0 Å². The molecule has 4 nitrogen and oxygen atoms in total. The zero-order valence-electron chi connectivity index (χ0n) is 11.5. The fraction of sp³-hybridized carbons (Fsp3) is 1.00. The highest BCUT2D eigenvalue weighted by Gasteiger charge is 2.26. The van der Waals surface area contributed by atoms with Crippen molar-refractivity contribution < 1.29 is 8.42 Å². The Hall–Kier alpha value is -0.130. The summed E-state index contributed by atoms with van der Waals surface area (Å²) in [6.07, 6.45) is 2.96. The molecule has 1 fully saturated rings. The summed E-state index contributed by atoms with van der Waals surface area (Å²) < 4.78 is 25.7. The van der Waals surface area contributed by atoms with Gasteiger partial charge in [-0.3, -0.25) is 0 Å². The van der Waals surface area contributed by atoms with Gasteiger partial charge in [-0.2, -0.15) is 0 Å². The van der Waals surface area contributed by atoms with Crippen LogP contribution in [0.5, 0.6) is 0 Å². The molecule has 0 aliphatic carbocycles. The summed E-state index contributed by atoms with van der Waals surface area (Å²) in [4.78, 5) is 0. The number of nitrogens with one attached hydrogen (secondary N) is 1. The number of rotatable bonds is 5. The summed E-state index contributed by atoms with van der Waals surface area (Å²) in [6.45, 7) is 7.95. The minimum atomic E-state index is -3.10. The molecular weight excluding hydrogens is 236 g/mol. The molecule has 0 saturated carbocycles. The Kier molecular flexibility index (Phi) is 4.98. The van der Waals surface area contributed by atoms with Crippen LogP contribution in [0.4, 0.5) is 0 Å². The third-order valence-corrected chi connectivity index (χ3v) is 5.18. The Morgan fingerprint density at radius 2 is 2.00 bits per heavy atom. The number of nitrogens with zero attached hydrogens (tertiary/aromatic N) is 1. The minimum Gasteiger partial charge on any atom is -0.313 e. The van der Waals surface area contributed by atoms with Crippen LogP contribution in [0.2, 0.25) is 0 Å². The molecule has 17 heavy (non-hydrogen) atoms. The first-order chi connectivity index (χ1) is 7.71. The third kappa shape index (κ3) is 5.36. The van der Waals surface area contributed by atoms with Gasteiger partial charge >= 0.3 is 0 Å².